The van der Waals surface area contributed by atoms with Crippen LogP contribution in [-0.2, 0) is 0 Å². The van der Waals surface area contributed by atoms with Crippen LogP contribution < -0.4 is 0 Å². The number of halogens is 1. The van der Waals surface area contributed by atoms with Gasteiger partial charge in [-0.15, -0.1) is 0 Å². The summed E-state index contributed by atoms with van der Waals surface area (Å²) in [6.07, 6.45) is 1.76. The summed E-state index contributed by atoms with van der Waals surface area (Å²) in [7, 11) is 0. The fraction of sp³-hybridized carbons (Fsp3) is 0.0500. The molecule has 4 heteroatoms. The first-order chi connectivity index (χ1) is 11.7. The predicted molar refractivity (Wildman–Crippen MR) is 102 cm³/mol. The summed E-state index contributed by atoms with van der Waals surface area (Å²) in [5, 5.41) is 10.2. The standard InChI is InChI=1S/C20H14BrNOS/c1-14-7-9-18(10-8-14)24-20-19(21)12-17(23-20)11-16(13-22)15-5-3-2-4-6-15/h2-12H,1H3/b16-11+. The molecule has 1 aromatic heterocycles. The molecule has 0 aliphatic rings. The van der Waals surface area contributed by atoms with Crippen LogP contribution in [0, 0.1) is 18.3 Å². The number of nitrogens with zero attached hydrogens (tertiary/aromatic N) is 1. The van der Waals surface area contributed by atoms with E-state index in [1.165, 1.54) is 5.56 Å². The van der Waals surface area contributed by atoms with Crippen molar-refractivity contribution in [1.29, 1.82) is 5.26 Å². The van der Waals surface area contributed by atoms with Crippen molar-refractivity contribution in [3.8, 4) is 6.07 Å². The van der Waals surface area contributed by atoms with Crippen molar-refractivity contribution < 1.29 is 4.42 Å². The van der Waals surface area contributed by atoms with Crippen molar-refractivity contribution in [1.82, 2.24) is 0 Å². The molecule has 0 bridgehead atoms. The number of hydrogen-bond acceptors (Lipinski definition) is 3. The first-order valence-corrected chi connectivity index (χ1v) is 8.98. The Labute approximate surface area is 153 Å². The predicted octanol–water partition coefficient (Wildman–Crippen LogP) is 6.57. The van der Waals surface area contributed by atoms with E-state index in [4.69, 9.17) is 4.42 Å². The molecule has 0 fully saturated rings. The van der Waals surface area contributed by atoms with Crippen molar-refractivity contribution >= 4 is 39.3 Å². The van der Waals surface area contributed by atoms with Gasteiger partial charge in [0.25, 0.3) is 0 Å². The largest absolute Gasteiger partial charge is 0.449 e. The number of furan rings is 1. The van der Waals surface area contributed by atoms with Gasteiger partial charge in [0, 0.05) is 4.90 Å². The van der Waals surface area contributed by atoms with Gasteiger partial charge in [0.15, 0.2) is 5.09 Å². The third kappa shape index (κ3) is 4.00. The molecule has 0 aliphatic heterocycles. The van der Waals surface area contributed by atoms with Gasteiger partial charge >= 0.3 is 0 Å². The Morgan fingerprint density at radius 1 is 1.12 bits per heavy atom. The molecule has 3 rings (SSSR count). The van der Waals surface area contributed by atoms with Crippen LogP contribution in [0.4, 0.5) is 0 Å². The molecule has 24 heavy (non-hydrogen) atoms. The van der Waals surface area contributed by atoms with Crippen molar-refractivity contribution in [2.45, 2.75) is 16.9 Å². The molecule has 1 heterocycles. The maximum Gasteiger partial charge on any atom is 0.179 e. The lowest BCUT2D eigenvalue weighted by atomic mass is 10.1. The highest BCUT2D eigenvalue weighted by atomic mass is 79.9. The normalized spacial score (nSPS) is 11.3. The number of nitriles is 1. The number of allylic oxidation sites excluding steroid dienone is 1. The number of rotatable bonds is 4. The summed E-state index contributed by atoms with van der Waals surface area (Å²) in [6.45, 7) is 2.06. The van der Waals surface area contributed by atoms with E-state index in [1.54, 1.807) is 17.8 Å². The van der Waals surface area contributed by atoms with Crippen molar-refractivity contribution in [3.63, 3.8) is 0 Å². The summed E-state index contributed by atoms with van der Waals surface area (Å²) in [4.78, 5) is 1.11. The summed E-state index contributed by atoms with van der Waals surface area (Å²) in [5.74, 6) is 0.650. The summed E-state index contributed by atoms with van der Waals surface area (Å²) >= 11 is 5.08. The summed E-state index contributed by atoms with van der Waals surface area (Å²) in [5.41, 5.74) is 2.67. The molecular weight excluding hydrogens is 382 g/mol. The number of hydrogen-bond donors (Lipinski definition) is 0. The first kappa shape index (κ1) is 16.6. The smallest absolute Gasteiger partial charge is 0.179 e. The molecule has 0 N–H and O–H groups in total. The second-order valence-electron chi connectivity index (χ2n) is 5.24. The maximum atomic E-state index is 9.40. The zero-order valence-corrected chi connectivity index (χ0v) is 15.4. The van der Waals surface area contributed by atoms with Crippen LogP contribution in [0.5, 0.6) is 0 Å². The number of benzene rings is 2. The third-order valence-corrected chi connectivity index (χ3v) is 5.25. The van der Waals surface area contributed by atoms with Crippen LogP contribution >= 0.6 is 27.7 Å². The van der Waals surface area contributed by atoms with Crippen LogP contribution in [0.25, 0.3) is 11.6 Å². The van der Waals surface area contributed by atoms with Crippen LogP contribution in [0.1, 0.15) is 16.9 Å². The van der Waals surface area contributed by atoms with E-state index in [0.717, 1.165) is 20.0 Å². The SMILES string of the molecule is Cc1ccc(Sc2oc(/C=C(\C#N)c3ccccc3)cc2Br)cc1. The molecule has 0 saturated carbocycles. The van der Waals surface area contributed by atoms with Gasteiger partial charge in [-0.1, -0.05) is 59.8 Å². The van der Waals surface area contributed by atoms with E-state index in [0.29, 0.717) is 11.3 Å². The van der Waals surface area contributed by atoms with Gasteiger partial charge in [-0.3, -0.25) is 0 Å². The van der Waals surface area contributed by atoms with Crippen molar-refractivity contribution in [3.05, 3.63) is 82.0 Å². The highest BCUT2D eigenvalue weighted by Gasteiger charge is 2.11. The molecule has 3 aromatic rings. The zero-order chi connectivity index (χ0) is 16.9. The van der Waals surface area contributed by atoms with E-state index >= 15 is 0 Å². The Hall–Kier alpha value is -2.22. The zero-order valence-electron chi connectivity index (χ0n) is 13.0. The van der Waals surface area contributed by atoms with Gasteiger partial charge in [-0.05, 0) is 52.7 Å². The van der Waals surface area contributed by atoms with E-state index in [1.807, 2.05) is 36.4 Å². The van der Waals surface area contributed by atoms with Crippen molar-refractivity contribution in [2.24, 2.45) is 0 Å². The Bertz CT molecular complexity index is 905. The second-order valence-corrected chi connectivity index (χ2v) is 7.14. The summed E-state index contributed by atoms with van der Waals surface area (Å²) in [6, 6.07) is 22.0. The monoisotopic (exact) mass is 395 g/mol. The minimum absolute atomic E-state index is 0.573. The Morgan fingerprint density at radius 3 is 2.50 bits per heavy atom. The maximum absolute atomic E-state index is 9.40. The Kier molecular flexibility index (Phi) is 5.24. The minimum atomic E-state index is 0.573. The molecule has 0 spiro atoms. The van der Waals surface area contributed by atoms with Crippen LogP contribution in [-0.4, -0.2) is 0 Å². The fourth-order valence-corrected chi connectivity index (χ4v) is 3.49. The Balaban J connectivity index is 1.87. The molecular formula is C20H14BrNOS. The molecule has 0 saturated heterocycles. The lowest BCUT2D eigenvalue weighted by Gasteiger charge is -2.00. The summed E-state index contributed by atoms with van der Waals surface area (Å²) < 4.78 is 6.77. The molecule has 0 radical (unpaired) electrons. The van der Waals surface area contributed by atoms with E-state index < -0.39 is 0 Å². The second kappa shape index (κ2) is 7.57. The van der Waals surface area contributed by atoms with Gasteiger partial charge in [0.1, 0.15) is 5.76 Å². The van der Waals surface area contributed by atoms with E-state index in [9.17, 15) is 5.26 Å². The molecule has 0 unspecified atom stereocenters. The Morgan fingerprint density at radius 2 is 1.83 bits per heavy atom. The highest BCUT2D eigenvalue weighted by molar-refractivity contribution is 9.10. The highest BCUT2D eigenvalue weighted by Crippen LogP contribution is 2.37. The third-order valence-electron chi connectivity index (χ3n) is 3.40. The molecule has 2 aromatic carbocycles. The lowest BCUT2D eigenvalue weighted by Crippen LogP contribution is -1.79. The molecule has 2 nitrogen and oxygen atoms in total. The van der Waals surface area contributed by atoms with E-state index in [-0.39, 0.29) is 0 Å². The average Bonchev–Trinajstić information content (AvgIpc) is 2.95. The van der Waals surface area contributed by atoms with Crippen LogP contribution in [0.3, 0.4) is 0 Å². The quantitative estimate of drug-likeness (QED) is 0.468. The molecule has 118 valence electrons. The minimum Gasteiger partial charge on any atom is -0.449 e. The molecule has 0 amide bonds. The van der Waals surface area contributed by atoms with Crippen LogP contribution in [0.2, 0.25) is 0 Å². The van der Waals surface area contributed by atoms with Gasteiger partial charge in [0.05, 0.1) is 16.1 Å². The van der Waals surface area contributed by atoms with Gasteiger partial charge < -0.3 is 4.42 Å². The fourth-order valence-electron chi connectivity index (χ4n) is 2.16. The average molecular weight is 396 g/mol. The van der Waals surface area contributed by atoms with Crippen molar-refractivity contribution in [2.75, 3.05) is 0 Å². The van der Waals surface area contributed by atoms with Gasteiger partial charge in [0.2, 0.25) is 0 Å². The first-order valence-electron chi connectivity index (χ1n) is 7.37. The molecule has 0 atom stereocenters. The number of aryl methyl sites for hydroxylation is 1. The van der Waals surface area contributed by atoms with Gasteiger partial charge in [-0.25, -0.2) is 0 Å². The topological polar surface area (TPSA) is 36.9 Å². The van der Waals surface area contributed by atoms with E-state index in [2.05, 4.69) is 53.2 Å². The van der Waals surface area contributed by atoms with Gasteiger partial charge in [-0.2, -0.15) is 5.26 Å². The lowest BCUT2D eigenvalue weighted by molar-refractivity contribution is 0.463. The molecule has 0 aliphatic carbocycles. The van der Waals surface area contributed by atoms with Crippen LogP contribution in [0.15, 0.2) is 79.5 Å².